The summed E-state index contributed by atoms with van der Waals surface area (Å²) >= 11 is 0. The molecule has 0 aromatic heterocycles. The van der Waals surface area contributed by atoms with Crippen molar-refractivity contribution in [2.75, 3.05) is 6.54 Å². The molecule has 15 heavy (non-hydrogen) atoms. The van der Waals surface area contributed by atoms with Crippen LogP contribution >= 0.6 is 0 Å². The van der Waals surface area contributed by atoms with Crippen LogP contribution in [0.25, 0.3) is 0 Å². The maximum absolute atomic E-state index is 8.93. The average molecular weight is 208 g/mol. The third-order valence-corrected chi connectivity index (χ3v) is 3.53. The van der Waals surface area contributed by atoms with E-state index >= 15 is 0 Å². The van der Waals surface area contributed by atoms with Crippen molar-refractivity contribution in [3.63, 3.8) is 0 Å². The van der Waals surface area contributed by atoms with E-state index in [0.29, 0.717) is 6.04 Å². The Bertz CT molecular complexity index is 221. The van der Waals surface area contributed by atoms with Gasteiger partial charge in [-0.1, -0.05) is 19.3 Å². The Morgan fingerprint density at radius 1 is 1.33 bits per heavy atom. The minimum Gasteiger partial charge on any atom is -0.312 e. The predicted molar refractivity (Wildman–Crippen MR) is 63.4 cm³/mol. The van der Waals surface area contributed by atoms with E-state index in [4.69, 9.17) is 5.26 Å². The molecule has 0 amide bonds. The van der Waals surface area contributed by atoms with Gasteiger partial charge in [-0.25, -0.2) is 0 Å². The van der Waals surface area contributed by atoms with Crippen LogP contribution in [0, 0.1) is 22.7 Å². The zero-order chi connectivity index (χ0) is 11.3. The molecular weight excluding hydrogens is 184 g/mol. The fourth-order valence-corrected chi connectivity index (χ4v) is 2.26. The first-order valence-corrected chi connectivity index (χ1v) is 6.20. The smallest absolute Gasteiger partial charge is 0.0697 e. The topological polar surface area (TPSA) is 35.8 Å². The molecule has 1 aliphatic carbocycles. The van der Waals surface area contributed by atoms with Crippen LogP contribution < -0.4 is 5.32 Å². The first-order valence-electron chi connectivity index (χ1n) is 6.20. The van der Waals surface area contributed by atoms with Crippen LogP contribution in [0.2, 0.25) is 0 Å². The Kier molecular flexibility index (Phi) is 4.60. The molecule has 0 aromatic carbocycles. The SMILES string of the molecule is CC(NCC(C)(C)C#N)C1CCCCC1. The van der Waals surface area contributed by atoms with Gasteiger partial charge in [0.1, 0.15) is 0 Å². The lowest BCUT2D eigenvalue weighted by Crippen LogP contribution is -2.39. The fourth-order valence-electron chi connectivity index (χ4n) is 2.26. The lowest BCUT2D eigenvalue weighted by atomic mass is 9.84. The van der Waals surface area contributed by atoms with Gasteiger partial charge in [0.15, 0.2) is 0 Å². The molecule has 0 spiro atoms. The van der Waals surface area contributed by atoms with Crippen LogP contribution in [0.15, 0.2) is 0 Å². The van der Waals surface area contributed by atoms with E-state index in [0.717, 1.165) is 12.5 Å². The number of rotatable bonds is 4. The van der Waals surface area contributed by atoms with Gasteiger partial charge in [-0.15, -0.1) is 0 Å². The van der Waals surface area contributed by atoms with Crippen molar-refractivity contribution in [2.45, 2.75) is 58.9 Å². The first-order chi connectivity index (χ1) is 7.05. The van der Waals surface area contributed by atoms with Crippen LogP contribution in [0.3, 0.4) is 0 Å². The summed E-state index contributed by atoms with van der Waals surface area (Å²) in [5, 5.41) is 12.4. The van der Waals surface area contributed by atoms with Gasteiger partial charge >= 0.3 is 0 Å². The normalized spacial score (nSPS) is 20.9. The monoisotopic (exact) mass is 208 g/mol. The van der Waals surface area contributed by atoms with E-state index in [9.17, 15) is 0 Å². The Morgan fingerprint density at radius 3 is 2.47 bits per heavy atom. The van der Waals surface area contributed by atoms with Crippen molar-refractivity contribution in [1.29, 1.82) is 5.26 Å². The molecule has 1 saturated carbocycles. The second-order valence-electron chi connectivity index (χ2n) is 5.56. The van der Waals surface area contributed by atoms with E-state index in [-0.39, 0.29) is 5.41 Å². The number of hydrogen-bond donors (Lipinski definition) is 1. The van der Waals surface area contributed by atoms with Crippen molar-refractivity contribution in [1.82, 2.24) is 5.32 Å². The minimum atomic E-state index is -0.233. The minimum absolute atomic E-state index is 0.233. The van der Waals surface area contributed by atoms with Crippen molar-refractivity contribution >= 4 is 0 Å². The predicted octanol–water partition coefficient (Wildman–Crippen LogP) is 3.09. The Balaban J connectivity index is 2.29. The molecule has 0 saturated heterocycles. The molecule has 1 rings (SSSR count). The van der Waals surface area contributed by atoms with Gasteiger partial charge < -0.3 is 5.32 Å². The van der Waals surface area contributed by atoms with E-state index in [2.05, 4.69) is 18.3 Å². The molecule has 1 aliphatic rings. The fraction of sp³-hybridized carbons (Fsp3) is 0.923. The average Bonchev–Trinajstić information content (AvgIpc) is 2.27. The number of nitrogens with one attached hydrogen (secondary N) is 1. The second-order valence-corrected chi connectivity index (χ2v) is 5.56. The summed E-state index contributed by atoms with van der Waals surface area (Å²) in [5.74, 6) is 0.827. The summed E-state index contributed by atoms with van der Waals surface area (Å²) < 4.78 is 0. The molecule has 2 nitrogen and oxygen atoms in total. The third-order valence-electron chi connectivity index (χ3n) is 3.53. The van der Waals surface area contributed by atoms with Gasteiger partial charge in [-0.3, -0.25) is 0 Å². The third kappa shape index (κ3) is 4.22. The summed E-state index contributed by atoms with van der Waals surface area (Å²) in [7, 11) is 0. The van der Waals surface area contributed by atoms with E-state index < -0.39 is 0 Å². The molecule has 0 aliphatic heterocycles. The maximum Gasteiger partial charge on any atom is 0.0697 e. The molecule has 1 atom stereocenters. The van der Waals surface area contributed by atoms with Crippen molar-refractivity contribution in [2.24, 2.45) is 11.3 Å². The van der Waals surface area contributed by atoms with Gasteiger partial charge in [0.05, 0.1) is 11.5 Å². The van der Waals surface area contributed by atoms with Crippen LogP contribution in [0.4, 0.5) is 0 Å². The first kappa shape index (κ1) is 12.5. The summed E-state index contributed by atoms with van der Waals surface area (Å²) in [4.78, 5) is 0. The van der Waals surface area contributed by atoms with Crippen LogP contribution in [-0.4, -0.2) is 12.6 Å². The summed E-state index contributed by atoms with van der Waals surface area (Å²) in [6, 6.07) is 2.90. The number of hydrogen-bond acceptors (Lipinski definition) is 2. The molecule has 0 bridgehead atoms. The van der Waals surface area contributed by atoms with Gasteiger partial charge in [0.25, 0.3) is 0 Å². The van der Waals surface area contributed by atoms with Crippen molar-refractivity contribution < 1.29 is 0 Å². The zero-order valence-corrected chi connectivity index (χ0v) is 10.3. The molecule has 1 N–H and O–H groups in total. The van der Waals surface area contributed by atoms with E-state index in [1.165, 1.54) is 32.1 Å². The highest BCUT2D eigenvalue weighted by Crippen LogP contribution is 2.26. The van der Waals surface area contributed by atoms with E-state index in [1.807, 2.05) is 13.8 Å². The Hall–Kier alpha value is -0.550. The highest BCUT2D eigenvalue weighted by Gasteiger charge is 2.22. The highest BCUT2D eigenvalue weighted by molar-refractivity contribution is 4.94. The quantitative estimate of drug-likeness (QED) is 0.770. The maximum atomic E-state index is 8.93. The van der Waals surface area contributed by atoms with E-state index in [1.54, 1.807) is 0 Å². The number of nitrogens with zero attached hydrogens (tertiary/aromatic N) is 1. The lowest BCUT2D eigenvalue weighted by Gasteiger charge is -2.30. The van der Waals surface area contributed by atoms with Gasteiger partial charge in [0.2, 0.25) is 0 Å². The molecule has 1 unspecified atom stereocenters. The van der Waals surface area contributed by atoms with Crippen LogP contribution in [0.1, 0.15) is 52.9 Å². The summed E-state index contributed by atoms with van der Waals surface area (Å²) in [6.07, 6.45) is 6.91. The molecule has 0 aromatic rings. The Morgan fingerprint density at radius 2 is 1.93 bits per heavy atom. The standard InChI is InChI=1S/C13H24N2/c1-11(12-7-5-4-6-8-12)15-10-13(2,3)9-14/h11-12,15H,4-8,10H2,1-3H3. The molecule has 2 heteroatoms. The molecular formula is C13H24N2. The number of nitriles is 1. The highest BCUT2D eigenvalue weighted by atomic mass is 14.9. The molecule has 86 valence electrons. The zero-order valence-electron chi connectivity index (χ0n) is 10.3. The molecule has 0 heterocycles. The summed E-state index contributed by atoms with van der Waals surface area (Å²) in [5.41, 5.74) is -0.233. The van der Waals surface area contributed by atoms with Gasteiger partial charge in [-0.2, -0.15) is 5.26 Å². The van der Waals surface area contributed by atoms with Gasteiger partial charge in [-0.05, 0) is 39.5 Å². The van der Waals surface area contributed by atoms with Crippen LogP contribution in [0.5, 0.6) is 0 Å². The molecule has 0 radical (unpaired) electrons. The molecule has 1 fully saturated rings. The van der Waals surface area contributed by atoms with Crippen LogP contribution in [-0.2, 0) is 0 Å². The largest absolute Gasteiger partial charge is 0.312 e. The Labute approximate surface area is 94.1 Å². The van der Waals surface area contributed by atoms with Crippen molar-refractivity contribution in [3.8, 4) is 6.07 Å². The lowest BCUT2D eigenvalue weighted by molar-refractivity contribution is 0.266. The van der Waals surface area contributed by atoms with Gasteiger partial charge in [0, 0.05) is 12.6 Å². The van der Waals surface area contributed by atoms with Crippen molar-refractivity contribution in [3.05, 3.63) is 0 Å². The second kappa shape index (κ2) is 5.51. The summed E-state index contributed by atoms with van der Waals surface area (Å²) in [6.45, 7) is 7.06.